The van der Waals surface area contributed by atoms with Gasteiger partial charge in [-0.15, -0.1) is 0 Å². The number of pyridine rings is 1. The van der Waals surface area contributed by atoms with Crippen molar-refractivity contribution in [3.63, 3.8) is 0 Å². The van der Waals surface area contributed by atoms with Crippen molar-refractivity contribution in [3.8, 4) is 0 Å². The highest BCUT2D eigenvalue weighted by atomic mass is 19.1. The average molecular weight is 249 g/mol. The molecule has 3 rings (SSSR count). The normalized spacial score (nSPS) is 26.7. The second kappa shape index (κ2) is 4.84. The Morgan fingerprint density at radius 3 is 3.11 bits per heavy atom. The Bertz CT molecular complexity index is 427. The lowest BCUT2D eigenvalue weighted by atomic mass is 9.97. The van der Waals surface area contributed by atoms with Crippen molar-refractivity contribution in [2.75, 3.05) is 25.0 Å². The zero-order chi connectivity index (χ0) is 12.4. The van der Waals surface area contributed by atoms with Gasteiger partial charge in [-0.2, -0.15) is 0 Å². The molecule has 1 saturated heterocycles. The van der Waals surface area contributed by atoms with E-state index in [-0.39, 0.29) is 0 Å². The molecule has 98 valence electrons. The van der Waals surface area contributed by atoms with Crippen LogP contribution in [0.3, 0.4) is 0 Å². The number of alkyl halides is 1. The van der Waals surface area contributed by atoms with Crippen LogP contribution in [0.15, 0.2) is 12.1 Å². The van der Waals surface area contributed by atoms with Gasteiger partial charge >= 0.3 is 0 Å². The van der Waals surface area contributed by atoms with E-state index in [9.17, 15) is 4.39 Å². The molecule has 2 N–H and O–H groups in total. The Labute approximate surface area is 107 Å². The van der Waals surface area contributed by atoms with E-state index in [0.29, 0.717) is 19.4 Å². The largest absolute Gasteiger partial charge is 0.370 e. The molecule has 0 bridgehead atoms. The third-order valence-corrected chi connectivity index (χ3v) is 3.97. The van der Waals surface area contributed by atoms with E-state index in [0.717, 1.165) is 37.4 Å². The minimum Gasteiger partial charge on any atom is -0.370 e. The maximum absolute atomic E-state index is 14.2. The minimum absolute atomic E-state index is 0.496. The van der Waals surface area contributed by atoms with Crippen LogP contribution in [0.4, 0.5) is 10.2 Å². The molecule has 2 aliphatic heterocycles. The Balaban J connectivity index is 1.66. The summed E-state index contributed by atoms with van der Waals surface area (Å²) in [6.07, 6.45) is 4.22. The molecule has 0 amide bonds. The van der Waals surface area contributed by atoms with Gasteiger partial charge in [0.2, 0.25) is 0 Å². The van der Waals surface area contributed by atoms with Crippen LogP contribution in [0.5, 0.6) is 0 Å². The van der Waals surface area contributed by atoms with Crippen LogP contribution >= 0.6 is 0 Å². The predicted molar refractivity (Wildman–Crippen MR) is 70.7 cm³/mol. The number of hydrogen-bond acceptors (Lipinski definition) is 3. The molecule has 1 aromatic heterocycles. The van der Waals surface area contributed by atoms with Crippen LogP contribution in [0.2, 0.25) is 0 Å². The third kappa shape index (κ3) is 2.48. The average Bonchev–Trinajstić information content (AvgIpc) is 2.84. The fourth-order valence-corrected chi connectivity index (χ4v) is 2.79. The van der Waals surface area contributed by atoms with Crippen molar-refractivity contribution in [2.24, 2.45) is 0 Å². The van der Waals surface area contributed by atoms with Crippen molar-refractivity contribution in [1.82, 2.24) is 10.3 Å². The van der Waals surface area contributed by atoms with Gasteiger partial charge in [0.05, 0.1) is 0 Å². The molecule has 0 spiro atoms. The lowest BCUT2D eigenvalue weighted by molar-refractivity contribution is 0.176. The molecule has 2 aliphatic rings. The molecule has 4 heteroatoms. The van der Waals surface area contributed by atoms with Crippen molar-refractivity contribution >= 4 is 5.82 Å². The van der Waals surface area contributed by atoms with Crippen LogP contribution in [-0.2, 0) is 12.8 Å². The second-order valence-electron chi connectivity index (χ2n) is 5.42. The number of aromatic nitrogens is 1. The van der Waals surface area contributed by atoms with Crippen LogP contribution in [-0.4, -0.2) is 30.3 Å². The summed E-state index contributed by atoms with van der Waals surface area (Å²) in [4.78, 5) is 4.61. The summed E-state index contributed by atoms with van der Waals surface area (Å²) in [7, 11) is 0. The quantitative estimate of drug-likeness (QED) is 0.861. The van der Waals surface area contributed by atoms with Gasteiger partial charge < -0.3 is 10.6 Å². The third-order valence-electron chi connectivity index (χ3n) is 3.97. The number of nitrogens with zero attached hydrogens (tertiary/aromatic N) is 1. The smallest absolute Gasteiger partial charge is 0.129 e. The molecule has 0 aromatic carbocycles. The van der Waals surface area contributed by atoms with E-state index in [1.807, 2.05) is 0 Å². The van der Waals surface area contributed by atoms with Gasteiger partial charge in [0.1, 0.15) is 11.5 Å². The molecule has 3 nitrogen and oxygen atoms in total. The van der Waals surface area contributed by atoms with Crippen molar-refractivity contribution < 1.29 is 4.39 Å². The number of rotatable bonds is 3. The van der Waals surface area contributed by atoms with E-state index in [1.54, 1.807) is 0 Å². The number of halogens is 1. The molecular weight excluding hydrogens is 229 g/mol. The number of nitrogens with one attached hydrogen (secondary N) is 2. The first-order chi connectivity index (χ1) is 8.75. The Hall–Kier alpha value is -1.16. The first-order valence-electron chi connectivity index (χ1n) is 6.88. The van der Waals surface area contributed by atoms with Crippen molar-refractivity contribution in [1.29, 1.82) is 0 Å². The number of anilines is 1. The molecule has 0 aliphatic carbocycles. The maximum Gasteiger partial charge on any atom is 0.129 e. The summed E-state index contributed by atoms with van der Waals surface area (Å²) in [6, 6.07) is 4.19. The van der Waals surface area contributed by atoms with Crippen molar-refractivity contribution in [2.45, 2.75) is 37.8 Å². The van der Waals surface area contributed by atoms with Gasteiger partial charge in [-0.05, 0) is 50.3 Å². The fraction of sp³-hybridized carbons (Fsp3) is 0.643. The highest BCUT2D eigenvalue weighted by Crippen LogP contribution is 2.26. The van der Waals surface area contributed by atoms with Gasteiger partial charge in [-0.3, -0.25) is 0 Å². The SMILES string of the molecule is F[C@@]1(CCc2ccc3c(n2)NCCC3)CCNC1. The zero-order valence-electron chi connectivity index (χ0n) is 10.6. The highest BCUT2D eigenvalue weighted by Gasteiger charge is 2.33. The van der Waals surface area contributed by atoms with E-state index in [4.69, 9.17) is 0 Å². The van der Waals surface area contributed by atoms with E-state index in [1.165, 1.54) is 12.0 Å². The highest BCUT2D eigenvalue weighted by molar-refractivity contribution is 5.47. The summed E-state index contributed by atoms with van der Waals surface area (Å²) >= 11 is 0. The predicted octanol–water partition coefficient (Wildman–Crippen LogP) is 2.07. The molecule has 1 fully saturated rings. The molecule has 0 saturated carbocycles. The van der Waals surface area contributed by atoms with E-state index in [2.05, 4.69) is 27.8 Å². The standard InChI is InChI=1S/C14H20FN3/c15-14(7-9-16-10-14)6-5-12-4-3-11-2-1-8-17-13(11)18-12/h3-4,16H,1-2,5-10H2,(H,17,18)/t14-/m0/s1. The van der Waals surface area contributed by atoms with Crippen LogP contribution < -0.4 is 10.6 Å². The van der Waals surface area contributed by atoms with E-state index < -0.39 is 5.67 Å². The first-order valence-corrected chi connectivity index (χ1v) is 6.88. The van der Waals surface area contributed by atoms with Crippen LogP contribution in [0, 0.1) is 0 Å². The summed E-state index contributed by atoms with van der Waals surface area (Å²) in [5, 5.41) is 6.41. The molecular formula is C14H20FN3. The van der Waals surface area contributed by atoms with Crippen LogP contribution in [0.1, 0.15) is 30.5 Å². The lowest BCUT2D eigenvalue weighted by Gasteiger charge is -2.20. The summed E-state index contributed by atoms with van der Waals surface area (Å²) < 4.78 is 14.2. The van der Waals surface area contributed by atoms with Gasteiger partial charge in [0.15, 0.2) is 0 Å². The summed E-state index contributed by atoms with van der Waals surface area (Å²) in [5.74, 6) is 1.01. The molecule has 0 unspecified atom stereocenters. The summed E-state index contributed by atoms with van der Waals surface area (Å²) in [6.45, 7) is 2.30. The molecule has 0 radical (unpaired) electrons. The first kappa shape index (κ1) is 11.9. The Kier molecular flexibility index (Phi) is 3.20. The Morgan fingerprint density at radius 1 is 1.33 bits per heavy atom. The monoisotopic (exact) mass is 249 g/mol. The molecule has 18 heavy (non-hydrogen) atoms. The summed E-state index contributed by atoms with van der Waals surface area (Å²) in [5.41, 5.74) is 1.28. The number of hydrogen-bond donors (Lipinski definition) is 2. The van der Waals surface area contributed by atoms with Crippen molar-refractivity contribution in [3.05, 3.63) is 23.4 Å². The Morgan fingerprint density at radius 2 is 2.28 bits per heavy atom. The van der Waals surface area contributed by atoms with Gasteiger partial charge in [-0.1, -0.05) is 6.07 Å². The zero-order valence-corrected chi connectivity index (χ0v) is 10.6. The van der Waals surface area contributed by atoms with Gasteiger partial charge in [0.25, 0.3) is 0 Å². The molecule has 1 aromatic rings. The van der Waals surface area contributed by atoms with Gasteiger partial charge in [-0.25, -0.2) is 9.37 Å². The topological polar surface area (TPSA) is 37.0 Å². The van der Waals surface area contributed by atoms with Gasteiger partial charge in [0, 0.05) is 18.8 Å². The van der Waals surface area contributed by atoms with Crippen LogP contribution in [0.25, 0.3) is 0 Å². The maximum atomic E-state index is 14.2. The number of aryl methyl sites for hydroxylation is 2. The fourth-order valence-electron chi connectivity index (χ4n) is 2.79. The second-order valence-corrected chi connectivity index (χ2v) is 5.42. The lowest BCUT2D eigenvalue weighted by Crippen LogP contribution is -2.26. The molecule has 1 atom stereocenters. The van der Waals surface area contributed by atoms with E-state index >= 15 is 0 Å². The minimum atomic E-state index is -1.02. The number of fused-ring (bicyclic) bond motifs is 1. The molecule has 3 heterocycles.